The van der Waals surface area contributed by atoms with Gasteiger partial charge in [0.2, 0.25) is 5.91 Å². The van der Waals surface area contributed by atoms with E-state index in [9.17, 15) is 4.79 Å². The molecule has 1 aliphatic heterocycles. The summed E-state index contributed by atoms with van der Waals surface area (Å²) in [6, 6.07) is 7.80. The van der Waals surface area contributed by atoms with Crippen molar-refractivity contribution >= 4 is 17.5 Å². The van der Waals surface area contributed by atoms with Gasteiger partial charge in [-0.05, 0) is 50.9 Å². The number of nitrogens with one attached hydrogen (secondary N) is 1. The Balaban J connectivity index is 1.68. The van der Waals surface area contributed by atoms with E-state index in [2.05, 4.69) is 12.2 Å². The minimum atomic E-state index is 0.162. The van der Waals surface area contributed by atoms with Gasteiger partial charge in [-0.1, -0.05) is 17.7 Å². The zero-order valence-electron chi connectivity index (χ0n) is 13.3. The number of halogens is 1. The first-order valence-corrected chi connectivity index (χ1v) is 8.31. The SMILES string of the molecule is C[C@H]1C[C@@H](C(=O)N(C)CCCOc2cccc(Cl)c2)CCN1. The summed E-state index contributed by atoms with van der Waals surface area (Å²) < 4.78 is 5.65. The monoisotopic (exact) mass is 324 g/mol. The van der Waals surface area contributed by atoms with Gasteiger partial charge in [0, 0.05) is 30.6 Å². The first-order chi connectivity index (χ1) is 10.6. The normalized spacial score (nSPS) is 21.4. The number of amides is 1. The first kappa shape index (κ1) is 17.1. The fraction of sp³-hybridized carbons (Fsp3) is 0.588. The molecule has 5 heteroatoms. The second-order valence-electron chi connectivity index (χ2n) is 6.00. The summed E-state index contributed by atoms with van der Waals surface area (Å²) in [5, 5.41) is 4.05. The molecule has 122 valence electrons. The summed E-state index contributed by atoms with van der Waals surface area (Å²) in [7, 11) is 1.88. The summed E-state index contributed by atoms with van der Waals surface area (Å²) >= 11 is 5.91. The van der Waals surface area contributed by atoms with Crippen LogP contribution in [0.1, 0.15) is 26.2 Å². The Kier molecular flexibility index (Phi) is 6.52. The highest BCUT2D eigenvalue weighted by Crippen LogP contribution is 2.19. The van der Waals surface area contributed by atoms with Crippen molar-refractivity contribution in [3.05, 3.63) is 29.3 Å². The van der Waals surface area contributed by atoms with Crippen LogP contribution in [-0.2, 0) is 4.79 Å². The van der Waals surface area contributed by atoms with Crippen molar-refractivity contribution in [3.63, 3.8) is 0 Å². The summed E-state index contributed by atoms with van der Waals surface area (Å²) in [6.45, 7) is 4.37. The number of carbonyl (C=O) groups is 1. The number of rotatable bonds is 6. The van der Waals surface area contributed by atoms with Gasteiger partial charge in [-0.2, -0.15) is 0 Å². The van der Waals surface area contributed by atoms with Gasteiger partial charge in [0.05, 0.1) is 6.61 Å². The predicted molar refractivity (Wildman–Crippen MR) is 89.4 cm³/mol. The third-order valence-corrected chi connectivity index (χ3v) is 4.29. The van der Waals surface area contributed by atoms with Gasteiger partial charge in [-0.25, -0.2) is 0 Å². The zero-order valence-corrected chi connectivity index (χ0v) is 14.1. The quantitative estimate of drug-likeness (QED) is 0.818. The van der Waals surface area contributed by atoms with Crippen molar-refractivity contribution < 1.29 is 9.53 Å². The topological polar surface area (TPSA) is 41.6 Å². The molecule has 1 fully saturated rings. The van der Waals surface area contributed by atoms with Crippen LogP contribution < -0.4 is 10.1 Å². The Morgan fingerprint density at radius 3 is 3.05 bits per heavy atom. The van der Waals surface area contributed by atoms with E-state index in [4.69, 9.17) is 16.3 Å². The molecule has 0 unspecified atom stereocenters. The van der Waals surface area contributed by atoms with E-state index < -0.39 is 0 Å². The van der Waals surface area contributed by atoms with Crippen LogP contribution in [0.25, 0.3) is 0 Å². The molecule has 1 amide bonds. The molecule has 0 aromatic heterocycles. The zero-order chi connectivity index (χ0) is 15.9. The van der Waals surface area contributed by atoms with Crippen molar-refractivity contribution in [2.24, 2.45) is 5.92 Å². The number of carbonyl (C=O) groups excluding carboxylic acids is 1. The minimum absolute atomic E-state index is 0.162. The molecule has 0 spiro atoms. The number of hydrogen-bond acceptors (Lipinski definition) is 3. The highest BCUT2D eigenvalue weighted by molar-refractivity contribution is 6.30. The molecule has 1 aliphatic rings. The van der Waals surface area contributed by atoms with E-state index in [0.717, 1.165) is 38.1 Å². The summed E-state index contributed by atoms with van der Waals surface area (Å²) in [4.78, 5) is 14.2. The van der Waals surface area contributed by atoms with Gasteiger partial charge in [-0.3, -0.25) is 4.79 Å². The molecule has 2 rings (SSSR count). The van der Waals surface area contributed by atoms with Crippen LogP contribution in [0.5, 0.6) is 5.75 Å². The molecule has 22 heavy (non-hydrogen) atoms. The van der Waals surface area contributed by atoms with Crippen LogP contribution in [0.4, 0.5) is 0 Å². The Hall–Kier alpha value is -1.26. The van der Waals surface area contributed by atoms with Gasteiger partial charge in [0.25, 0.3) is 0 Å². The van der Waals surface area contributed by atoms with Crippen molar-refractivity contribution in [3.8, 4) is 5.75 Å². The van der Waals surface area contributed by atoms with Crippen LogP contribution in [0.15, 0.2) is 24.3 Å². The second kappa shape index (κ2) is 8.39. The van der Waals surface area contributed by atoms with Crippen LogP contribution in [0, 0.1) is 5.92 Å². The maximum atomic E-state index is 12.4. The van der Waals surface area contributed by atoms with Gasteiger partial charge in [-0.15, -0.1) is 0 Å². The predicted octanol–water partition coefficient (Wildman–Crippen LogP) is 2.96. The van der Waals surface area contributed by atoms with Crippen molar-refractivity contribution in [1.82, 2.24) is 10.2 Å². The standard InChI is InChI=1S/C17H25ClN2O2/c1-13-11-14(7-8-19-13)17(21)20(2)9-4-10-22-16-6-3-5-15(18)12-16/h3,5-6,12-14,19H,4,7-11H2,1-2H3/t13-,14-/m0/s1. The molecule has 1 aromatic rings. The lowest BCUT2D eigenvalue weighted by molar-refractivity contribution is -0.135. The number of ether oxygens (including phenoxy) is 1. The Labute approximate surface area is 137 Å². The average Bonchev–Trinajstić information content (AvgIpc) is 2.50. The summed E-state index contributed by atoms with van der Waals surface area (Å²) in [5.74, 6) is 1.19. The van der Waals surface area contributed by atoms with Crippen LogP contribution in [-0.4, -0.2) is 43.6 Å². The third-order valence-electron chi connectivity index (χ3n) is 4.05. The molecule has 1 heterocycles. The highest BCUT2D eigenvalue weighted by Gasteiger charge is 2.26. The molecule has 0 bridgehead atoms. The van der Waals surface area contributed by atoms with Gasteiger partial charge in [0.1, 0.15) is 5.75 Å². The average molecular weight is 325 g/mol. The fourth-order valence-corrected chi connectivity index (χ4v) is 3.01. The molecule has 0 aliphatic carbocycles. The molecule has 1 saturated heterocycles. The largest absolute Gasteiger partial charge is 0.493 e. The minimum Gasteiger partial charge on any atom is -0.493 e. The smallest absolute Gasteiger partial charge is 0.225 e. The lowest BCUT2D eigenvalue weighted by Crippen LogP contribution is -2.43. The first-order valence-electron chi connectivity index (χ1n) is 7.93. The third kappa shape index (κ3) is 5.18. The van der Waals surface area contributed by atoms with Gasteiger partial charge in [0.15, 0.2) is 0 Å². The Morgan fingerprint density at radius 2 is 2.32 bits per heavy atom. The van der Waals surface area contributed by atoms with E-state index in [0.29, 0.717) is 17.7 Å². The second-order valence-corrected chi connectivity index (χ2v) is 6.43. The van der Waals surface area contributed by atoms with E-state index in [1.165, 1.54) is 0 Å². The van der Waals surface area contributed by atoms with Crippen LogP contribution in [0.2, 0.25) is 5.02 Å². The maximum Gasteiger partial charge on any atom is 0.225 e. The van der Waals surface area contributed by atoms with Crippen molar-refractivity contribution in [2.75, 3.05) is 26.7 Å². The van der Waals surface area contributed by atoms with Crippen LogP contribution >= 0.6 is 11.6 Å². The lowest BCUT2D eigenvalue weighted by atomic mass is 9.92. The van der Waals surface area contributed by atoms with E-state index in [1.54, 1.807) is 6.07 Å². The number of hydrogen-bond donors (Lipinski definition) is 1. The van der Waals surface area contributed by atoms with E-state index in [-0.39, 0.29) is 11.8 Å². The maximum absolute atomic E-state index is 12.4. The summed E-state index contributed by atoms with van der Waals surface area (Å²) in [5.41, 5.74) is 0. The molecule has 0 saturated carbocycles. The summed E-state index contributed by atoms with van der Waals surface area (Å²) in [6.07, 6.45) is 2.68. The highest BCUT2D eigenvalue weighted by atomic mass is 35.5. The molecule has 1 N–H and O–H groups in total. The fourth-order valence-electron chi connectivity index (χ4n) is 2.83. The Morgan fingerprint density at radius 1 is 1.50 bits per heavy atom. The van der Waals surface area contributed by atoms with Crippen molar-refractivity contribution in [2.45, 2.75) is 32.2 Å². The van der Waals surface area contributed by atoms with Gasteiger partial charge >= 0.3 is 0 Å². The van der Waals surface area contributed by atoms with Crippen molar-refractivity contribution in [1.29, 1.82) is 0 Å². The number of benzene rings is 1. The number of piperidine rings is 1. The number of nitrogens with zero attached hydrogens (tertiary/aromatic N) is 1. The van der Waals surface area contributed by atoms with Gasteiger partial charge < -0.3 is 15.0 Å². The lowest BCUT2D eigenvalue weighted by Gasteiger charge is -2.30. The van der Waals surface area contributed by atoms with E-state index in [1.807, 2.05) is 30.1 Å². The molecule has 1 aromatic carbocycles. The Bertz CT molecular complexity index is 495. The molecule has 0 radical (unpaired) electrons. The molecular formula is C17H25ClN2O2. The molecule has 4 nitrogen and oxygen atoms in total. The van der Waals surface area contributed by atoms with E-state index >= 15 is 0 Å². The molecular weight excluding hydrogens is 300 g/mol. The molecule has 2 atom stereocenters. The van der Waals surface area contributed by atoms with Crippen LogP contribution in [0.3, 0.4) is 0 Å².